The number of hydrazone groups is 1. The van der Waals surface area contributed by atoms with E-state index in [4.69, 9.17) is 23.2 Å². The van der Waals surface area contributed by atoms with Crippen LogP contribution in [0.5, 0.6) is 0 Å². The van der Waals surface area contributed by atoms with Gasteiger partial charge in [0.1, 0.15) is 0 Å². The minimum atomic E-state index is 0.507. The molecule has 3 rings (SSSR count). The summed E-state index contributed by atoms with van der Waals surface area (Å²) in [6.07, 6.45) is 0. The average Bonchev–Trinajstić information content (AvgIpc) is 2.90. The Labute approximate surface area is 131 Å². The van der Waals surface area contributed by atoms with Crippen LogP contribution in [-0.2, 0) is 0 Å². The number of H-pyrrole nitrogens is 1. The van der Waals surface area contributed by atoms with E-state index in [1.807, 2.05) is 37.3 Å². The Kier molecular flexibility index (Phi) is 3.82. The zero-order valence-electron chi connectivity index (χ0n) is 11.2. The van der Waals surface area contributed by atoms with Gasteiger partial charge in [-0.25, -0.2) is 10.4 Å². The van der Waals surface area contributed by atoms with Crippen LogP contribution in [0.3, 0.4) is 0 Å². The lowest BCUT2D eigenvalue weighted by Gasteiger charge is -2.03. The van der Waals surface area contributed by atoms with Crippen LogP contribution in [0.15, 0.2) is 47.6 Å². The molecule has 1 aromatic heterocycles. The number of hydrogen-bond acceptors (Lipinski definition) is 3. The molecule has 0 aliphatic heterocycles. The van der Waals surface area contributed by atoms with Gasteiger partial charge in [0.05, 0.1) is 26.8 Å². The number of anilines is 1. The average molecular weight is 319 g/mol. The second kappa shape index (κ2) is 5.76. The van der Waals surface area contributed by atoms with Crippen LogP contribution in [-0.4, -0.2) is 15.7 Å². The summed E-state index contributed by atoms with van der Waals surface area (Å²) in [5, 5.41) is 5.34. The zero-order chi connectivity index (χ0) is 14.8. The number of nitrogens with zero attached hydrogens (tertiary/aromatic N) is 2. The van der Waals surface area contributed by atoms with Crippen molar-refractivity contribution in [3.8, 4) is 0 Å². The Hall–Kier alpha value is -2.04. The molecule has 0 radical (unpaired) electrons. The number of aromatic amines is 1. The minimum Gasteiger partial charge on any atom is -0.323 e. The standard InChI is InChI=1S/C15H12Cl2N4/c1-9(10-6-7-11(16)12(17)8-10)20-21-15-18-13-4-2-3-5-14(13)19-15/h2-8H,1H3,(H2,18,19,21). The quantitative estimate of drug-likeness (QED) is 0.543. The lowest BCUT2D eigenvalue weighted by molar-refractivity contribution is 1.20. The Morgan fingerprint density at radius 2 is 1.95 bits per heavy atom. The third-order valence-corrected chi connectivity index (χ3v) is 3.80. The Morgan fingerprint density at radius 3 is 2.71 bits per heavy atom. The highest BCUT2D eigenvalue weighted by atomic mass is 35.5. The van der Waals surface area contributed by atoms with Crippen LogP contribution >= 0.6 is 23.2 Å². The maximum absolute atomic E-state index is 6.00. The summed E-state index contributed by atoms with van der Waals surface area (Å²) in [4.78, 5) is 7.54. The molecule has 0 saturated carbocycles. The summed E-state index contributed by atoms with van der Waals surface area (Å²) in [6, 6.07) is 13.2. The number of aromatic nitrogens is 2. The molecular weight excluding hydrogens is 307 g/mol. The maximum Gasteiger partial charge on any atom is 0.222 e. The van der Waals surface area contributed by atoms with Gasteiger partial charge in [-0.05, 0) is 36.8 Å². The van der Waals surface area contributed by atoms with Gasteiger partial charge in [0.2, 0.25) is 5.95 Å². The highest BCUT2D eigenvalue weighted by Gasteiger charge is 2.04. The molecule has 2 N–H and O–H groups in total. The fraction of sp³-hybridized carbons (Fsp3) is 0.0667. The summed E-state index contributed by atoms with van der Waals surface area (Å²) in [7, 11) is 0. The van der Waals surface area contributed by atoms with Crippen LogP contribution < -0.4 is 5.43 Å². The number of para-hydroxylation sites is 2. The van der Waals surface area contributed by atoms with E-state index in [0.29, 0.717) is 16.0 Å². The van der Waals surface area contributed by atoms with Gasteiger partial charge in [0, 0.05) is 0 Å². The first-order valence-corrected chi connectivity index (χ1v) is 7.09. The van der Waals surface area contributed by atoms with Crippen molar-refractivity contribution >= 4 is 45.9 Å². The van der Waals surface area contributed by atoms with Gasteiger partial charge in [0.25, 0.3) is 0 Å². The maximum atomic E-state index is 6.00. The Morgan fingerprint density at radius 1 is 1.14 bits per heavy atom. The molecule has 3 aromatic rings. The van der Waals surface area contributed by atoms with E-state index >= 15 is 0 Å². The van der Waals surface area contributed by atoms with Gasteiger partial charge >= 0.3 is 0 Å². The van der Waals surface area contributed by atoms with Gasteiger partial charge in [-0.15, -0.1) is 0 Å². The molecule has 0 bridgehead atoms. The molecule has 4 nitrogen and oxygen atoms in total. The first kappa shape index (κ1) is 13.9. The van der Waals surface area contributed by atoms with E-state index < -0.39 is 0 Å². The first-order chi connectivity index (χ1) is 10.1. The van der Waals surface area contributed by atoms with Crippen LogP contribution in [0.4, 0.5) is 5.95 Å². The Bertz CT molecular complexity index is 790. The predicted octanol–water partition coefficient (Wildman–Crippen LogP) is 4.71. The molecule has 0 aliphatic carbocycles. The molecule has 1 heterocycles. The van der Waals surface area contributed by atoms with E-state index in [2.05, 4.69) is 20.5 Å². The second-order valence-electron chi connectivity index (χ2n) is 4.54. The molecule has 0 atom stereocenters. The van der Waals surface area contributed by atoms with Crippen LogP contribution in [0.2, 0.25) is 10.0 Å². The molecule has 6 heteroatoms. The fourth-order valence-electron chi connectivity index (χ4n) is 1.93. The molecule has 2 aromatic carbocycles. The van der Waals surface area contributed by atoms with Crippen molar-refractivity contribution in [1.82, 2.24) is 9.97 Å². The van der Waals surface area contributed by atoms with Crippen LogP contribution in [0.25, 0.3) is 11.0 Å². The van der Waals surface area contributed by atoms with E-state index in [1.165, 1.54) is 0 Å². The van der Waals surface area contributed by atoms with Crippen LogP contribution in [0.1, 0.15) is 12.5 Å². The van der Waals surface area contributed by atoms with Crippen molar-refractivity contribution in [2.45, 2.75) is 6.92 Å². The largest absolute Gasteiger partial charge is 0.323 e. The molecular formula is C15H12Cl2N4. The summed E-state index contributed by atoms with van der Waals surface area (Å²) in [5.41, 5.74) is 6.45. The van der Waals surface area contributed by atoms with Crippen molar-refractivity contribution in [3.63, 3.8) is 0 Å². The lowest BCUT2D eigenvalue weighted by Crippen LogP contribution is -2.00. The number of halogens is 2. The van der Waals surface area contributed by atoms with Gasteiger partial charge in [-0.1, -0.05) is 41.4 Å². The van der Waals surface area contributed by atoms with Gasteiger partial charge in [-0.3, -0.25) is 0 Å². The van der Waals surface area contributed by atoms with Crippen molar-refractivity contribution in [3.05, 3.63) is 58.1 Å². The number of benzene rings is 2. The normalized spacial score (nSPS) is 11.9. The predicted molar refractivity (Wildman–Crippen MR) is 88.4 cm³/mol. The van der Waals surface area contributed by atoms with E-state index in [0.717, 1.165) is 22.3 Å². The zero-order valence-corrected chi connectivity index (χ0v) is 12.7. The number of rotatable bonds is 3. The van der Waals surface area contributed by atoms with Crippen molar-refractivity contribution in [2.75, 3.05) is 5.43 Å². The van der Waals surface area contributed by atoms with Gasteiger partial charge in [-0.2, -0.15) is 5.10 Å². The fourth-order valence-corrected chi connectivity index (χ4v) is 2.23. The number of hydrogen-bond donors (Lipinski definition) is 2. The topological polar surface area (TPSA) is 53.1 Å². The monoisotopic (exact) mass is 318 g/mol. The van der Waals surface area contributed by atoms with E-state index in [-0.39, 0.29) is 0 Å². The van der Waals surface area contributed by atoms with Gasteiger partial charge in [0.15, 0.2) is 0 Å². The molecule has 0 aliphatic rings. The lowest BCUT2D eigenvalue weighted by atomic mass is 10.1. The van der Waals surface area contributed by atoms with E-state index in [9.17, 15) is 0 Å². The van der Waals surface area contributed by atoms with Crippen molar-refractivity contribution in [2.24, 2.45) is 5.10 Å². The molecule has 21 heavy (non-hydrogen) atoms. The highest BCUT2D eigenvalue weighted by molar-refractivity contribution is 6.42. The molecule has 0 spiro atoms. The third kappa shape index (κ3) is 3.01. The minimum absolute atomic E-state index is 0.507. The number of nitrogens with one attached hydrogen (secondary N) is 2. The number of imidazole rings is 1. The van der Waals surface area contributed by atoms with Crippen molar-refractivity contribution < 1.29 is 0 Å². The molecule has 0 saturated heterocycles. The van der Waals surface area contributed by atoms with Crippen LogP contribution in [0, 0.1) is 0 Å². The smallest absolute Gasteiger partial charge is 0.222 e. The number of fused-ring (bicyclic) bond motifs is 1. The molecule has 0 fully saturated rings. The second-order valence-corrected chi connectivity index (χ2v) is 5.35. The molecule has 106 valence electrons. The summed E-state index contributed by atoms with van der Waals surface area (Å²) >= 11 is 11.9. The summed E-state index contributed by atoms with van der Waals surface area (Å²) in [5.74, 6) is 0.593. The molecule has 0 amide bonds. The van der Waals surface area contributed by atoms with Crippen molar-refractivity contribution in [1.29, 1.82) is 0 Å². The summed E-state index contributed by atoms with van der Waals surface area (Å²) in [6.45, 7) is 1.88. The first-order valence-electron chi connectivity index (χ1n) is 6.34. The SMILES string of the molecule is CC(=NNc1nc2ccccc2[nH]1)c1ccc(Cl)c(Cl)c1. The van der Waals surface area contributed by atoms with Gasteiger partial charge < -0.3 is 4.98 Å². The highest BCUT2D eigenvalue weighted by Crippen LogP contribution is 2.23. The third-order valence-electron chi connectivity index (χ3n) is 3.06. The molecule has 0 unspecified atom stereocenters. The van der Waals surface area contributed by atoms with E-state index in [1.54, 1.807) is 12.1 Å². The summed E-state index contributed by atoms with van der Waals surface area (Å²) < 4.78 is 0. The Balaban J connectivity index is 1.82.